The van der Waals surface area contributed by atoms with Crippen LogP contribution < -0.4 is 4.74 Å². The number of carbonyl (C=O) groups excluding carboxylic acids is 1. The summed E-state index contributed by atoms with van der Waals surface area (Å²) in [6.45, 7) is 2.86. The van der Waals surface area contributed by atoms with Crippen LogP contribution in [0.4, 0.5) is 0 Å². The van der Waals surface area contributed by atoms with Gasteiger partial charge in [0.2, 0.25) is 5.91 Å². The van der Waals surface area contributed by atoms with Crippen LogP contribution in [0.1, 0.15) is 35.8 Å². The molecule has 3 nitrogen and oxygen atoms in total. The largest absolute Gasteiger partial charge is 0.457 e. The maximum Gasteiger partial charge on any atom is 0.231 e. The van der Waals surface area contributed by atoms with Crippen LogP contribution in [0.3, 0.4) is 0 Å². The number of hydrogen-bond donors (Lipinski definition) is 0. The zero-order valence-corrected chi connectivity index (χ0v) is 17.3. The lowest BCUT2D eigenvalue weighted by atomic mass is 9.95. The van der Waals surface area contributed by atoms with Gasteiger partial charge in [0.05, 0.1) is 5.92 Å². The van der Waals surface area contributed by atoms with E-state index in [4.69, 9.17) is 4.74 Å². The Morgan fingerprint density at radius 3 is 2.41 bits per heavy atom. The number of amides is 1. The monoisotopic (exact) mass is 403 g/mol. The van der Waals surface area contributed by atoms with Crippen molar-refractivity contribution in [2.45, 2.75) is 24.6 Å². The molecule has 4 rings (SSSR count). The normalized spacial score (nSPS) is 17.1. The van der Waals surface area contributed by atoms with E-state index in [2.05, 4.69) is 31.2 Å². The summed E-state index contributed by atoms with van der Waals surface area (Å²) >= 11 is 1.82. The third-order valence-electron chi connectivity index (χ3n) is 5.20. The standard InChI is InChI=1S/C25H25NO2S/c1-2-23(19-10-5-3-6-11-19)24(27)26-16-17-29-25(26)20-12-9-15-22(18-20)28-21-13-7-4-8-14-21/h3-15,18,23,25H,2,16-17H2,1H3. The minimum absolute atomic E-state index is 0.0274. The van der Waals surface area contributed by atoms with Gasteiger partial charge in [0.15, 0.2) is 0 Å². The van der Waals surface area contributed by atoms with Crippen molar-refractivity contribution in [3.05, 3.63) is 96.1 Å². The first-order chi connectivity index (χ1) is 14.3. The Balaban J connectivity index is 1.55. The van der Waals surface area contributed by atoms with Crippen molar-refractivity contribution in [2.75, 3.05) is 12.3 Å². The first-order valence-electron chi connectivity index (χ1n) is 10.1. The number of thioether (sulfide) groups is 1. The third-order valence-corrected chi connectivity index (χ3v) is 6.47. The minimum atomic E-state index is -0.0962. The number of carbonyl (C=O) groups is 1. The quantitative estimate of drug-likeness (QED) is 0.487. The molecule has 1 saturated heterocycles. The van der Waals surface area contributed by atoms with E-state index < -0.39 is 0 Å². The number of ether oxygens (including phenoxy) is 1. The van der Waals surface area contributed by atoms with Gasteiger partial charge in [0.25, 0.3) is 0 Å². The minimum Gasteiger partial charge on any atom is -0.457 e. The fourth-order valence-corrected chi connectivity index (χ4v) is 5.02. The van der Waals surface area contributed by atoms with Gasteiger partial charge in [-0.25, -0.2) is 0 Å². The number of nitrogens with zero attached hydrogens (tertiary/aromatic N) is 1. The fraction of sp³-hybridized carbons (Fsp3) is 0.240. The van der Waals surface area contributed by atoms with Crippen LogP contribution in [0.5, 0.6) is 11.5 Å². The molecule has 0 bridgehead atoms. The van der Waals surface area contributed by atoms with Gasteiger partial charge in [-0.3, -0.25) is 4.79 Å². The molecule has 1 aliphatic rings. The molecule has 0 aliphatic carbocycles. The maximum atomic E-state index is 13.4. The Hall–Kier alpha value is -2.72. The predicted octanol–water partition coefficient (Wildman–Crippen LogP) is 6.25. The van der Waals surface area contributed by atoms with Gasteiger partial charge in [-0.2, -0.15) is 0 Å². The van der Waals surface area contributed by atoms with E-state index >= 15 is 0 Å². The van der Waals surface area contributed by atoms with Crippen molar-refractivity contribution in [2.24, 2.45) is 0 Å². The van der Waals surface area contributed by atoms with Crippen LogP contribution in [0.25, 0.3) is 0 Å². The molecule has 0 N–H and O–H groups in total. The van der Waals surface area contributed by atoms with E-state index in [1.807, 2.05) is 77.3 Å². The maximum absolute atomic E-state index is 13.4. The van der Waals surface area contributed by atoms with E-state index in [0.29, 0.717) is 0 Å². The van der Waals surface area contributed by atoms with E-state index in [-0.39, 0.29) is 17.2 Å². The van der Waals surface area contributed by atoms with Gasteiger partial charge in [-0.05, 0) is 41.8 Å². The summed E-state index contributed by atoms with van der Waals surface area (Å²) in [7, 11) is 0. The highest BCUT2D eigenvalue weighted by Gasteiger charge is 2.34. The lowest BCUT2D eigenvalue weighted by Gasteiger charge is -2.28. The molecule has 3 aromatic carbocycles. The average Bonchev–Trinajstić information content (AvgIpc) is 3.26. The summed E-state index contributed by atoms with van der Waals surface area (Å²) in [5.74, 6) is 2.67. The van der Waals surface area contributed by atoms with Crippen molar-refractivity contribution in [1.29, 1.82) is 0 Å². The molecule has 1 heterocycles. The SMILES string of the molecule is CCC(C(=O)N1CCSC1c1cccc(Oc2ccccc2)c1)c1ccccc1. The Labute approximate surface area is 176 Å². The van der Waals surface area contributed by atoms with E-state index in [9.17, 15) is 4.79 Å². The molecule has 1 fully saturated rings. The highest BCUT2D eigenvalue weighted by molar-refractivity contribution is 7.99. The first kappa shape index (κ1) is 19.6. The van der Waals surface area contributed by atoms with Gasteiger partial charge >= 0.3 is 0 Å². The van der Waals surface area contributed by atoms with Crippen molar-refractivity contribution in [3.8, 4) is 11.5 Å². The van der Waals surface area contributed by atoms with Gasteiger partial charge in [-0.1, -0.05) is 67.6 Å². The summed E-state index contributed by atoms with van der Waals surface area (Å²) < 4.78 is 6.00. The summed E-state index contributed by atoms with van der Waals surface area (Å²) in [5, 5.41) is 0.0274. The smallest absolute Gasteiger partial charge is 0.231 e. The molecular weight excluding hydrogens is 378 g/mol. The predicted molar refractivity (Wildman–Crippen MR) is 119 cm³/mol. The number of rotatable bonds is 6. The molecule has 0 spiro atoms. The molecule has 4 heteroatoms. The fourth-order valence-electron chi connectivity index (χ4n) is 3.77. The summed E-state index contributed by atoms with van der Waals surface area (Å²) in [6.07, 6.45) is 0.799. The van der Waals surface area contributed by atoms with Gasteiger partial charge in [-0.15, -0.1) is 11.8 Å². The summed E-state index contributed by atoms with van der Waals surface area (Å²) in [5.41, 5.74) is 2.20. The van der Waals surface area contributed by atoms with Crippen LogP contribution in [0.2, 0.25) is 0 Å². The molecule has 1 amide bonds. The topological polar surface area (TPSA) is 29.5 Å². The van der Waals surface area contributed by atoms with Crippen molar-refractivity contribution >= 4 is 17.7 Å². The lowest BCUT2D eigenvalue weighted by molar-refractivity contribution is -0.133. The van der Waals surface area contributed by atoms with Gasteiger partial charge in [0.1, 0.15) is 16.9 Å². The highest BCUT2D eigenvalue weighted by atomic mass is 32.2. The second kappa shape index (κ2) is 9.19. The zero-order valence-electron chi connectivity index (χ0n) is 16.5. The Bertz CT molecular complexity index is 945. The van der Waals surface area contributed by atoms with Gasteiger partial charge in [0, 0.05) is 12.3 Å². The van der Waals surface area contributed by atoms with Crippen LogP contribution in [-0.2, 0) is 4.79 Å². The Kier molecular flexibility index (Phi) is 6.20. The van der Waals surface area contributed by atoms with Crippen LogP contribution in [-0.4, -0.2) is 23.1 Å². The molecule has 29 heavy (non-hydrogen) atoms. The van der Waals surface area contributed by atoms with Crippen molar-refractivity contribution in [1.82, 2.24) is 4.90 Å². The van der Waals surface area contributed by atoms with E-state index in [1.165, 1.54) is 0 Å². The van der Waals surface area contributed by atoms with E-state index in [0.717, 1.165) is 41.3 Å². The summed E-state index contributed by atoms with van der Waals surface area (Å²) in [4.78, 5) is 15.5. The molecule has 0 radical (unpaired) electrons. The van der Waals surface area contributed by atoms with Crippen molar-refractivity contribution in [3.63, 3.8) is 0 Å². The molecule has 2 atom stereocenters. The molecular formula is C25H25NO2S. The highest BCUT2D eigenvalue weighted by Crippen LogP contribution is 2.41. The molecule has 148 valence electrons. The molecule has 0 saturated carbocycles. The molecule has 3 aromatic rings. The third kappa shape index (κ3) is 4.48. The zero-order chi connectivity index (χ0) is 20.1. The second-order valence-corrected chi connectivity index (χ2v) is 8.30. The number of benzene rings is 3. The lowest BCUT2D eigenvalue weighted by Crippen LogP contribution is -2.34. The number of para-hydroxylation sites is 1. The van der Waals surface area contributed by atoms with Crippen molar-refractivity contribution < 1.29 is 9.53 Å². The van der Waals surface area contributed by atoms with E-state index in [1.54, 1.807) is 0 Å². The first-order valence-corrected chi connectivity index (χ1v) is 11.1. The Morgan fingerprint density at radius 1 is 1.00 bits per heavy atom. The molecule has 1 aliphatic heterocycles. The number of hydrogen-bond acceptors (Lipinski definition) is 3. The van der Waals surface area contributed by atoms with Gasteiger partial charge < -0.3 is 9.64 Å². The molecule has 2 unspecified atom stereocenters. The van der Waals surface area contributed by atoms with Crippen LogP contribution >= 0.6 is 11.8 Å². The summed E-state index contributed by atoms with van der Waals surface area (Å²) in [6, 6.07) is 28.0. The average molecular weight is 404 g/mol. The van der Waals surface area contributed by atoms with Crippen LogP contribution in [0.15, 0.2) is 84.9 Å². The van der Waals surface area contributed by atoms with Crippen LogP contribution in [0, 0.1) is 0 Å². The Morgan fingerprint density at radius 2 is 1.69 bits per heavy atom. The molecule has 0 aromatic heterocycles. The second-order valence-electron chi connectivity index (χ2n) is 7.11.